The first kappa shape index (κ1) is 18.3. The molecule has 0 atom stereocenters. The van der Waals surface area contributed by atoms with Crippen LogP contribution >= 0.6 is 11.6 Å². The van der Waals surface area contributed by atoms with Crippen LogP contribution < -0.4 is 10.2 Å². The maximum atomic E-state index is 12.9. The Balaban J connectivity index is 1.56. The van der Waals surface area contributed by atoms with E-state index in [2.05, 4.69) is 5.32 Å². The monoisotopic (exact) mass is 390 g/mol. The minimum absolute atomic E-state index is 0.00253. The second-order valence-electron chi connectivity index (χ2n) is 6.73. The maximum Gasteiger partial charge on any atom is 0.258 e. The van der Waals surface area contributed by atoms with Crippen LogP contribution in [-0.4, -0.2) is 18.4 Å². The summed E-state index contributed by atoms with van der Waals surface area (Å²) in [5.41, 5.74) is 3.85. The SMILES string of the molecule is O=C(Nc1ccc2c(c1)CCCN2C(=O)c1ccccc1)c1cccc(Cl)c1. The van der Waals surface area contributed by atoms with Crippen molar-refractivity contribution in [3.05, 3.63) is 94.5 Å². The highest BCUT2D eigenvalue weighted by molar-refractivity contribution is 6.31. The minimum atomic E-state index is -0.213. The summed E-state index contributed by atoms with van der Waals surface area (Å²) in [6, 6.07) is 21.8. The molecule has 140 valence electrons. The predicted molar refractivity (Wildman–Crippen MR) is 112 cm³/mol. The fourth-order valence-corrected chi connectivity index (χ4v) is 3.65. The van der Waals surface area contributed by atoms with Crippen LogP contribution in [0.1, 0.15) is 32.7 Å². The van der Waals surface area contributed by atoms with Crippen LogP contribution in [0.5, 0.6) is 0 Å². The molecule has 0 fully saturated rings. The number of rotatable bonds is 3. The molecule has 3 aromatic rings. The van der Waals surface area contributed by atoms with Crippen molar-refractivity contribution in [3.8, 4) is 0 Å². The molecule has 1 heterocycles. The molecule has 4 rings (SSSR count). The van der Waals surface area contributed by atoms with Gasteiger partial charge in [0.2, 0.25) is 0 Å². The van der Waals surface area contributed by atoms with E-state index >= 15 is 0 Å². The summed E-state index contributed by atoms with van der Waals surface area (Å²) in [7, 11) is 0. The van der Waals surface area contributed by atoms with E-state index in [4.69, 9.17) is 11.6 Å². The maximum absolute atomic E-state index is 12.9. The summed E-state index contributed by atoms with van der Waals surface area (Å²) in [6.07, 6.45) is 1.76. The first-order valence-corrected chi connectivity index (χ1v) is 9.56. The molecule has 0 saturated carbocycles. The van der Waals surface area contributed by atoms with Gasteiger partial charge in [0, 0.05) is 34.1 Å². The van der Waals surface area contributed by atoms with Gasteiger partial charge >= 0.3 is 0 Å². The summed E-state index contributed by atoms with van der Waals surface area (Å²) in [4.78, 5) is 27.2. The van der Waals surface area contributed by atoms with Crippen molar-refractivity contribution in [2.75, 3.05) is 16.8 Å². The van der Waals surface area contributed by atoms with Crippen LogP contribution in [0.2, 0.25) is 5.02 Å². The third-order valence-electron chi connectivity index (χ3n) is 4.81. The van der Waals surface area contributed by atoms with E-state index < -0.39 is 0 Å². The molecule has 0 spiro atoms. The fourth-order valence-electron chi connectivity index (χ4n) is 3.46. The molecule has 1 N–H and O–H groups in total. The van der Waals surface area contributed by atoms with Crippen molar-refractivity contribution in [3.63, 3.8) is 0 Å². The Morgan fingerprint density at radius 1 is 0.893 bits per heavy atom. The van der Waals surface area contributed by atoms with Crippen molar-refractivity contribution in [2.24, 2.45) is 0 Å². The summed E-state index contributed by atoms with van der Waals surface area (Å²) in [6.45, 7) is 0.689. The van der Waals surface area contributed by atoms with E-state index in [-0.39, 0.29) is 11.8 Å². The molecular formula is C23H19ClN2O2. The van der Waals surface area contributed by atoms with Crippen molar-refractivity contribution >= 4 is 34.8 Å². The highest BCUT2D eigenvalue weighted by Crippen LogP contribution is 2.31. The van der Waals surface area contributed by atoms with Crippen LogP contribution in [0.3, 0.4) is 0 Å². The quantitative estimate of drug-likeness (QED) is 0.669. The van der Waals surface area contributed by atoms with Gasteiger partial charge < -0.3 is 10.2 Å². The van der Waals surface area contributed by atoms with Crippen LogP contribution in [0.4, 0.5) is 11.4 Å². The number of aryl methyl sites for hydroxylation is 1. The lowest BCUT2D eigenvalue weighted by molar-refractivity contribution is 0.0983. The van der Waals surface area contributed by atoms with E-state index in [1.54, 1.807) is 24.3 Å². The first-order valence-electron chi connectivity index (χ1n) is 9.18. The second kappa shape index (κ2) is 7.87. The number of anilines is 2. The van der Waals surface area contributed by atoms with Gasteiger partial charge in [-0.1, -0.05) is 35.9 Å². The largest absolute Gasteiger partial charge is 0.322 e. The van der Waals surface area contributed by atoms with Gasteiger partial charge in [-0.25, -0.2) is 0 Å². The lowest BCUT2D eigenvalue weighted by atomic mass is 10.00. The van der Waals surface area contributed by atoms with Crippen molar-refractivity contribution in [2.45, 2.75) is 12.8 Å². The number of fused-ring (bicyclic) bond motifs is 1. The summed E-state index contributed by atoms with van der Waals surface area (Å²) >= 11 is 5.97. The zero-order valence-corrected chi connectivity index (χ0v) is 15.9. The van der Waals surface area contributed by atoms with Crippen LogP contribution in [0, 0.1) is 0 Å². The third kappa shape index (κ3) is 3.78. The molecule has 0 bridgehead atoms. The van der Waals surface area contributed by atoms with Crippen LogP contribution in [-0.2, 0) is 6.42 Å². The smallest absolute Gasteiger partial charge is 0.258 e. The average molecular weight is 391 g/mol. The van der Waals surface area contributed by atoms with Gasteiger partial charge in [-0.3, -0.25) is 9.59 Å². The summed E-state index contributed by atoms with van der Waals surface area (Å²) in [5, 5.41) is 3.43. The van der Waals surface area contributed by atoms with Gasteiger partial charge in [0.1, 0.15) is 0 Å². The number of halogens is 1. The van der Waals surface area contributed by atoms with Crippen molar-refractivity contribution in [1.82, 2.24) is 0 Å². The van der Waals surface area contributed by atoms with Gasteiger partial charge in [0.05, 0.1) is 0 Å². The Morgan fingerprint density at radius 2 is 1.68 bits per heavy atom. The molecule has 5 heteroatoms. The summed E-state index contributed by atoms with van der Waals surface area (Å²) in [5.74, 6) is -0.215. The highest BCUT2D eigenvalue weighted by atomic mass is 35.5. The normalized spacial score (nSPS) is 13.0. The molecule has 0 radical (unpaired) electrons. The molecule has 3 aromatic carbocycles. The lowest BCUT2D eigenvalue weighted by Gasteiger charge is -2.30. The Hall–Kier alpha value is -3.11. The topological polar surface area (TPSA) is 49.4 Å². The molecule has 1 aliphatic rings. The molecular weight excluding hydrogens is 372 g/mol. The van der Waals surface area contributed by atoms with E-state index in [1.165, 1.54) is 0 Å². The molecule has 28 heavy (non-hydrogen) atoms. The van der Waals surface area contributed by atoms with Crippen molar-refractivity contribution in [1.29, 1.82) is 0 Å². The minimum Gasteiger partial charge on any atom is -0.322 e. The highest BCUT2D eigenvalue weighted by Gasteiger charge is 2.23. The molecule has 0 aliphatic carbocycles. The van der Waals surface area contributed by atoms with E-state index in [0.717, 1.165) is 24.1 Å². The number of amides is 2. The Bertz CT molecular complexity index is 1030. The zero-order chi connectivity index (χ0) is 19.5. The Labute approximate surface area is 168 Å². The van der Waals surface area contributed by atoms with Crippen molar-refractivity contribution < 1.29 is 9.59 Å². The number of carbonyl (C=O) groups excluding carboxylic acids is 2. The molecule has 0 aromatic heterocycles. The molecule has 1 aliphatic heterocycles. The van der Waals surface area contributed by atoms with Crippen LogP contribution in [0.25, 0.3) is 0 Å². The number of hydrogen-bond acceptors (Lipinski definition) is 2. The summed E-state index contributed by atoms with van der Waals surface area (Å²) < 4.78 is 0. The lowest BCUT2D eigenvalue weighted by Crippen LogP contribution is -2.35. The molecule has 2 amide bonds. The standard InChI is InChI=1S/C23H19ClN2O2/c24-19-10-4-8-18(14-19)22(27)25-20-11-12-21-17(15-20)9-5-13-26(21)23(28)16-6-2-1-3-7-16/h1-4,6-8,10-12,14-15H,5,9,13H2,(H,25,27). The van der Waals surface area contributed by atoms with Gasteiger partial charge in [-0.15, -0.1) is 0 Å². The number of carbonyl (C=O) groups is 2. The molecule has 0 saturated heterocycles. The second-order valence-corrected chi connectivity index (χ2v) is 7.17. The predicted octanol–water partition coefficient (Wildman–Crippen LogP) is 5.19. The Kier molecular flexibility index (Phi) is 5.13. The fraction of sp³-hybridized carbons (Fsp3) is 0.130. The zero-order valence-electron chi connectivity index (χ0n) is 15.2. The van der Waals surface area contributed by atoms with E-state index in [9.17, 15) is 9.59 Å². The first-order chi connectivity index (χ1) is 13.6. The van der Waals surface area contributed by atoms with Gasteiger partial charge in [-0.2, -0.15) is 0 Å². The third-order valence-corrected chi connectivity index (χ3v) is 5.04. The van der Waals surface area contributed by atoms with Gasteiger partial charge in [0.25, 0.3) is 11.8 Å². The van der Waals surface area contributed by atoms with Crippen LogP contribution in [0.15, 0.2) is 72.8 Å². The molecule has 4 nitrogen and oxygen atoms in total. The van der Waals surface area contributed by atoms with Gasteiger partial charge in [0.15, 0.2) is 0 Å². The number of nitrogens with zero attached hydrogens (tertiary/aromatic N) is 1. The average Bonchev–Trinajstić information content (AvgIpc) is 2.73. The van der Waals surface area contributed by atoms with E-state index in [1.807, 2.05) is 53.4 Å². The number of hydrogen-bond donors (Lipinski definition) is 1. The number of nitrogens with one attached hydrogen (secondary N) is 1. The van der Waals surface area contributed by atoms with E-state index in [0.29, 0.717) is 28.4 Å². The van der Waals surface area contributed by atoms with Gasteiger partial charge in [-0.05, 0) is 66.9 Å². The molecule has 0 unspecified atom stereocenters. The number of benzene rings is 3. The Morgan fingerprint density at radius 3 is 2.46 bits per heavy atom.